The van der Waals surface area contributed by atoms with Crippen molar-refractivity contribution in [3.05, 3.63) is 59.8 Å². The fourth-order valence-electron chi connectivity index (χ4n) is 11.3. The summed E-state index contributed by atoms with van der Waals surface area (Å²) < 4.78 is 51.2. The number of carbonyl (C=O) groups is 1. The van der Waals surface area contributed by atoms with Crippen LogP contribution in [0.3, 0.4) is 0 Å². The summed E-state index contributed by atoms with van der Waals surface area (Å²) in [4.78, 5) is 13.0. The molecule has 6 saturated heterocycles. The van der Waals surface area contributed by atoms with Crippen LogP contribution in [0, 0.1) is 17.8 Å². The van der Waals surface area contributed by atoms with Gasteiger partial charge in [-0.2, -0.15) is 0 Å². The van der Waals surface area contributed by atoms with E-state index in [9.17, 15) is 25.2 Å². The van der Waals surface area contributed by atoms with Gasteiger partial charge in [0.2, 0.25) is 5.79 Å². The summed E-state index contributed by atoms with van der Waals surface area (Å²) in [5, 5.41) is 54.7. The van der Waals surface area contributed by atoms with Gasteiger partial charge in [0.25, 0.3) is 0 Å². The molecule has 14 nitrogen and oxygen atoms in total. The van der Waals surface area contributed by atoms with Gasteiger partial charge >= 0.3 is 5.97 Å². The molecule has 6 fully saturated rings. The van der Waals surface area contributed by atoms with E-state index in [0.29, 0.717) is 62.9 Å². The van der Waals surface area contributed by atoms with E-state index < -0.39 is 71.7 Å². The monoisotopic (exact) mass is 929 g/mol. The van der Waals surface area contributed by atoms with Crippen molar-refractivity contribution < 1.29 is 68.2 Å². The third-order valence-electron chi connectivity index (χ3n) is 15.2. The van der Waals surface area contributed by atoms with Crippen LogP contribution in [0.15, 0.2) is 59.8 Å². The van der Waals surface area contributed by atoms with Crippen LogP contribution >= 0.6 is 0 Å². The van der Waals surface area contributed by atoms with Crippen LogP contribution in [0.5, 0.6) is 0 Å². The summed E-state index contributed by atoms with van der Waals surface area (Å²) >= 11 is 0. The number of aliphatic hydroxyl groups excluding tert-OH is 4. The lowest BCUT2D eigenvalue weighted by molar-refractivity contribution is -0.321. The minimum Gasteiger partial charge on any atom is -0.459 e. The zero-order valence-corrected chi connectivity index (χ0v) is 40.3. The maximum atomic E-state index is 13.0. The molecule has 7 aliphatic heterocycles. The van der Waals surface area contributed by atoms with Crippen molar-refractivity contribution in [3.8, 4) is 0 Å². The Labute approximate surface area is 392 Å². The number of fused-ring (bicyclic) bond motifs is 1. The second-order valence-electron chi connectivity index (χ2n) is 21.1. The third kappa shape index (κ3) is 12.0. The Balaban J connectivity index is 0.897. The van der Waals surface area contributed by atoms with Gasteiger partial charge in [0.05, 0.1) is 43.2 Å². The fraction of sp³-hybridized carbons (Fsp3) is 0.788. The Bertz CT molecular complexity index is 1780. The van der Waals surface area contributed by atoms with E-state index in [1.54, 1.807) is 12.2 Å². The first-order valence-electron chi connectivity index (χ1n) is 25.0. The molecule has 17 atom stereocenters. The van der Waals surface area contributed by atoms with E-state index in [0.717, 1.165) is 56.3 Å². The van der Waals surface area contributed by atoms with E-state index in [1.807, 2.05) is 32.1 Å². The molecule has 3 unspecified atom stereocenters. The van der Waals surface area contributed by atoms with Crippen LogP contribution in [0.2, 0.25) is 0 Å². The largest absolute Gasteiger partial charge is 0.459 e. The average molecular weight is 929 g/mol. The molecule has 0 aliphatic carbocycles. The molecule has 66 heavy (non-hydrogen) atoms. The molecule has 7 aliphatic rings. The van der Waals surface area contributed by atoms with Crippen LogP contribution < -0.4 is 0 Å². The summed E-state index contributed by atoms with van der Waals surface area (Å²) in [7, 11) is 0. The molecule has 0 aromatic carbocycles. The molecule has 0 saturated carbocycles. The van der Waals surface area contributed by atoms with Gasteiger partial charge in [0.1, 0.15) is 31.0 Å². The standard InChI is InChI=1S/C52H80O14/c1-32(13-9-8-11-25-53)31-59-48(57)49(7,58)30-39-16-17-43(55)52(63-39)29-33(2)27-42(64-52)34(3)14-15-38-19-23-51(62-38)24-20-41-47(66-51)44(56)37(6)46(61-41)40(54)28-36(5)45-35(4)18-22-50(65-45)21-10-12-26-60-50/h8-9,13-15,29,34-36,38-47,53-56,58H,6,10-12,16-28,30-31H2,1-5,7H3/b9-8-,15-14+,32-13+/t34-,35-,36+,38+,39+,40+,41-,42?,43-,44-,45+,46?,47-,49-,50+,51+,52?/m1/s1. The van der Waals surface area contributed by atoms with E-state index in [-0.39, 0.29) is 49.8 Å². The maximum Gasteiger partial charge on any atom is 0.338 e. The summed E-state index contributed by atoms with van der Waals surface area (Å²) in [6.45, 7) is 16.6. The first-order valence-corrected chi connectivity index (χ1v) is 25.0. The van der Waals surface area contributed by atoms with Gasteiger partial charge in [0.15, 0.2) is 17.2 Å². The smallest absolute Gasteiger partial charge is 0.338 e. The molecule has 0 aromatic heterocycles. The minimum atomic E-state index is -1.83. The van der Waals surface area contributed by atoms with E-state index in [2.05, 4.69) is 33.4 Å². The Morgan fingerprint density at radius 1 is 1.02 bits per heavy atom. The number of allylic oxidation sites excluding steroid dienone is 2. The predicted molar refractivity (Wildman–Crippen MR) is 246 cm³/mol. The number of rotatable bonds is 15. The number of ether oxygens (including phenoxy) is 8. The summed E-state index contributed by atoms with van der Waals surface area (Å²) in [5.74, 6) is -3.30. The van der Waals surface area contributed by atoms with Crippen molar-refractivity contribution >= 4 is 5.97 Å². The molecule has 14 heteroatoms. The van der Waals surface area contributed by atoms with Crippen molar-refractivity contribution in [1.82, 2.24) is 0 Å². The van der Waals surface area contributed by atoms with Crippen molar-refractivity contribution in [2.24, 2.45) is 17.8 Å². The minimum absolute atomic E-state index is 0.0140. The van der Waals surface area contributed by atoms with Crippen LogP contribution in [-0.4, -0.2) is 135 Å². The van der Waals surface area contributed by atoms with Crippen LogP contribution in [0.1, 0.15) is 138 Å². The number of carbonyl (C=O) groups excluding carboxylic acids is 1. The van der Waals surface area contributed by atoms with Crippen molar-refractivity contribution in [1.29, 1.82) is 0 Å². The molecule has 3 spiro atoms. The SMILES string of the molecule is C=C1C([C@@H](O)C[C@H](C)[C@H]2O[C@@]3(CCCCO3)CC[C@H]2C)O[C@@H]2CC[C@]3(CC[C@H](/C=C/[C@@H](C)C4CC(C)=CC5(O4)O[C@H](C[C@@](C)(O)C(=O)OC/C(C)=C/C=C\CCO)CC[C@H]5O)O3)O[C@H]2[C@@H]1O. The lowest BCUT2D eigenvalue weighted by Gasteiger charge is -2.50. The second-order valence-corrected chi connectivity index (χ2v) is 21.1. The summed E-state index contributed by atoms with van der Waals surface area (Å²) in [5.41, 5.74) is 0.374. The van der Waals surface area contributed by atoms with Crippen LogP contribution in [0.25, 0.3) is 0 Å². The molecule has 5 N–H and O–H groups in total. The van der Waals surface area contributed by atoms with Gasteiger partial charge < -0.3 is 63.4 Å². The predicted octanol–water partition coefficient (Wildman–Crippen LogP) is 6.56. The normalized spacial score (nSPS) is 41.2. The zero-order valence-electron chi connectivity index (χ0n) is 40.3. The maximum absolute atomic E-state index is 13.0. The number of hydrogen-bond acceptors (Lipinski definition) is 14. The molecular formula is C52H80O14. The second kappa shape index (κ2) is 21.8. The highest BCUT2D eigenvalue weighted by atomic mass is 16.7. The van der Waals surface area contributed by atoms with Crippen molar-refractivity contribution in [3.63, 3.8) is 0 Å². The number of esters is 1. The molecule has 7 heterocycles. The third-order valence-corrected chi connectivity index (χ3v) is 15.2. The van der Waals surface area contributed by atoms with Crippen molar-refractivity contribution in [2.45, 2.75) is 222 Å². The Kier molecular flexibility index (Phi) is 17.0. The number of aliphatic hydroxyl groups is 5. The molecule has 7 rings (SSSR count). The van der Waals surface area contributed by atoms with E-state index in [4.69, 9.17) is 43.0 Å². The van der Waals surface area contributed by atoms with Crippen LogP contribution in [-0.2, 0) is 42.7 Å². The van der Waals surface area contributed by atoms with Crippen LogP contribution in [0.4, 0.5) is 0 Å². The molecule has 0 radical (unpaired) electrons. The highest BCUT2D eigenvalue weighted by Crippen LogP contribution is 2.47. The quantitative estimate of drug-likeness (QED) is 0.0674. The summed E-state index contributed by atoms with van der Waals surface area (Å²) in [6, 6.07) is 0. The lowest BCUT2D eigenvalue weighted by atomic mass is 9.79. The van der Waals surface area contributed by atoms with Gasteiger partial charge in [-0.25, -0.2) is 4.79 Å². The molecule has 0 bridgehead atoms. The fourth-order valence-corrected chi connectivity index (χ4v) is 11.3. The Hall–Kier alpha value is -2.31. The molecule has 0 amide bonds. The topological polar surface area (TPSA) is 192 Å². The highest BCUT2D eigenvalue weighted by Gasteiger charge is 2.55. The molecular weight excluding hydrogens is 849 g/mol. The summed E-state index contributed by atoms with van der Waals surface area (Å²) in [6.07, 6.45) is 15.4. The number of hydrogen-bond donors (Lipinski definition) is 5. The highest BCUT2D eigenvalue weighted by molar-refractivity contribution is 5.78. The zero-order chi connectivity index (χ0) is 47.4. The molecule has 372 valence electrons. The van der Waals surface area contributed by atoms with Gasteiger partial charge in [-0.15, -0.1) is 0 Å². The lowest BCUT2D eigenvalue weighted by Crippen LogP contribution is -2.60. The first-order chi connectivity index (χ1) is 31.4. The van der Waals surface area contributed by atoms with Gasteiger partial charge in [0, 0.05) is 44.6 Å². The van der Waals surface area contributed by atoms with Gasteiger partial charge in [-0.3, -0.25) is 0 Å². The average Bonchev–Trinajstić information content (AvgIpc) is 3.68. The van der Waals surface area contributed by atoms with Gasteiger partial charge in [-0.05, 0) is 114 Å². The van der Waals surface area contributed by atoms with E-state index >= 15 is 0 Å². The van der Waals surface area contributed by atoms with Gasteiger partial charge in [-0.1, -0.05) is 63.3 Å². The Morgan fingerprint density at radius 2 is 1.79 bits per heavy atom. The van der Waals surface area contributed by atoms with Crippen molar-refractivity contribution in [2.75, 3.05) is 19.8 Å². The Morgan fingerprint density at radius 3 is 2.55 bits per heavy atom. The van der Waals surface area contributed by atoms with E-state index in [1.165, 1.54) is 6.92 Å². The molecule has 0 aromatic rings. The first kappa shape index (κ1) is 51.5.